The number of nitrogens with one attached hydrogen (secondary N) is 2. The summed E-state index contributed by atoms with van der Waals surface area (Å²) >= 11 is 0. The van der Waals surface area contributed by atoms with Gasteiger partial charge in [0.1, 0.15) is 0 Å². The first-order valence-corrected chi connectivity index (χ1v) is 8.78. The first kappa shape index (κ1) is 16.1. The maximum atomic E-state index is 12.8. The van der Waals surface area contributed by atoms with Crippen molar-refractivity contribution >= 4 is 24.2 Å². The van der Waals surface area contributed by atoms with Gasteiger partial charge >= 0.3 is 7.12 Å². The molecule has 3 aliphatic rings. The average Bonchev–Trinajstić information content (AvgIpc) is 2.91. The molecule has 3 aliphatic heterocycles. The Hall–Kier alpha value is -1.37. The van der Waals surface area contributed by atoms with E-state index >= 15 is 0 Å². The summed E-state index contributed by atoms with van der Waals surface area (Å²) in [6, 6.07) is 6.00. The zero-order valence-electron chi connectivity index (χ0n) is 14.9. The number of fused-ring (bicyclic) bond motifs is 2. The van der Waals surface area contributed by atoms with Crippen molar-refractivity contribution in [2.75, 3.05) is 18.4 Å². The summed E-state index contributed by atoms with van der Waals surface area (Å²) < 4.78 is 12.5. The molecule has 2 saturated heterocycles. The van der Waals surface area contributed by atoms with Crippen LogP contribution in [0.25, 0.3) is 0 Å². The van der Waals surface area contributed by atoms with Gasteiger partial charge in [0.25, 0.3) is 0 Å². The van der Waals surface area contributed by atoms with Crippen LogP contribution in [0.5, 0.6) is 0 Å². The molecule has 5 nitrogen and oxygen atoms in total. The van der Waals surface area contributed by atoms with Crippen LogP contribution in [-0.2, 0) is 19.5 Å². The second kappa shape index (κ2) is 5.07. The van der Waals surface area contributed by atoms with Gasteiger partial charge in [-0.05, 0) is 70.7 Å². The summed E-state index contributed by atoms with van der Waals surface area (Å²) in [7, 11) is -0.440. The topological polar surface area (TPSA) is 59.6 Å². The molecule has 6 heteroatoms. The Morgan fingerprint density at radius 2 is 1.67 bits per heavy atom. The minimum Gasteiger partial charge on any atom is -0.399 e. The summed E-state index contributed by atoms with van der Waals surface area (Å²) in [6.07, 6.45) is 1.62. The number of hydrogen-bond acceptors (Lipinski definition) is 4. The molecule has 0 bridgehead atoms. The number of carbonyl (C=O) groups excluding carboxylic acids is 1. The molecule has 0 unspecified atom stereocenters. The normalized spacial score (nSPS) is 26.5. The van der Waals surface area contributed by atoms with Crippen molar-refractivity contribution in [3.63, 3.8) is 0 Å². The highest BCUT2D eigenvalue weighted by Crippen LogP contribution is 2.44. The minimum absolute atomic E-state index is 0.114. The summed E-state index contributed by atoms with van der Waals surface area (Å²) in [4.78, 5) is 12.8. The van der Waals surface area contributed by atoms with E-state index in [1.807, 2.05) is 18.2 Å². The van der Waals surface area contributed by atoms with Crippen molar-refractivity contribution in [2.24, 2.45) is 0 Å². The SMILES string of the molecule is CC1(C)OB(c2cccc3c2C2(CCNCC2)C(=O)N3)OC1(C)C. The van der Waals surface area contributed by atoms with Crippen LogP contribution in [0.15, 0.2) is 18.2 Å². The minimum atomic E-state index is -0.458. The molecule has 2 N–H and O–H groups in total. The van der Waals surface area contributed by atoms with E-state index in [-0.39, 0.29) is 5.91 Å². The Kier molecular flexibility index (Phi) is 3.40. The predicted octanol–water partition coefficient (Wildman–Crippen LogP) is 1.56. The fourth-order valence-corrected chi connectivity index (χ4v) is 4.06. The van der Waals surface area contributed by atoms with Gasteiger partial charge in [0.2, 0.25) is 5.91 Å². The molecule has 1 amide bonds. The lowest BCUT2D eigenvalue weighted by atomic mass is 9.65. The third-order valence-electron chi connectivity index (χ3n) is 6.22. The number of hydrogen-bond donors (Lipinski definition) is 2. The zero-order chi connectivity index (χ0) is 17.2. The van der Waals surface area contributed by atoms with Gasteiger partial charge in [-0.2, -0.15) is 0 Å². The molecule has 0 radical (unpaired) electrons. The van der Waals surface area contributed by atoms with E-state index in [9.17, 15) is 4.79 Å². The van der Waals surface area contributed by atoms with Crippen molar-refractivity contribution in [3.05, 3.63) is 23.8 Å². The molecule has 1 aromatic rings. The van der Waals surface area contributed by atoms with Crippen LogP contribution < -0.4 is 16.1 Å². The Balaban J connectivity index is 1.81. The van der Waals surface area contributed by atoms with Gasteiger partial charge in [0, 0.05) is 5.69 Å². The van der Waals surface area contributed by atoms with Crippen LogP contribution in [0, 0.1) is 0 Å². The molecule has 1 spiro atoms. The summed E-state index contributed by atoms with van der Waals surface area (Å²) in [6.45, 7) is 9.93. The molecule has 0 atom stereocenters. The average molecular weight is 328 g/mol. The number of carbonyl (C=O) groups is 1. The van der Waals surface area contributed by atoms with Gasteiger partial charge in [0.15, 0.2) is 0 Å². The molecule has 0 aliphatic carbocycles. The molecular formula is C18H25BN2O3. The maximum Gasteiger partial charge on any atom is 0.495 e. The smallest absolute Gasteiger partial charge is 0.399 e. The van der Waals surface area contributed by atoms with E-state index in [0.29, 0.717) is 0 Å². The van der Waals surface area contributed by atoms with E-state index in [1.54, 1.807) is 0 Å². The monoisotopic (exact) mass is 328 g/mol. The molecule has 1 aromatic carbocycles. The van der Waals surface area contributed by atoms with Gasteiger partial charge < -0.3 is 19.9 Å². The Morgan fingerprint density at radius 1 is 1.04 bits per heavy atom. The largest absolute Gasteiger partial charge is 0.495 e. The van der Waals surface area contributed by atoms with Crippen LogP contribution in [0.3, 0.4) is 0 Å². The van der Waals surface area contributed by atoms with Crippen molar-refractivity contribution in [2.45, 2.75) is 57.2 Å². The van der Waals surface area contributed by atoms with Crippen molar-refractivity contribution in [1.82, 2.24) is 5.32 Å². The van der Waals surface area contributed by atoms with E-state index in [4.69, 9.17) is 9.31 Å². The molecule has 2 fully saturated rings. The lowest BCUT2D eigenvalue weighted by molar-refractivity contribution is -0.121. The second-order valence-electron chi connectivity index (χ2n) is 8.14. The van der Waals surface area contributed by atoms with Crippen molar-refractivity contribution in [3.8, 4) is 0 Å². The third-order valence-corrected chi connectivity index (χ3v) is 6.22. The third kappa shape index (κ3) is 2.09. The summed E-state index contributed by atoms with van der Waals surface area (Å²) in [5, 5.41) is 6.45. The van der Waals surface area contributed by atoms with Crippen LogP contribution in [0.2, 0.25) is 0 Å². The number of benzene rings is 1. The highest BCUT2D eigenvalue weighted by molar-refractivity contribution is 6.63. The number of amides is 1. The fraction of sp³-hybridized carbons (Fsp3) is 0.611. The number of anilines is 1. The van der Waals surface area contributed by atoms with Crippen LogP contribution in [0.1, 0.15) is 46.1 Å². The summed E-state index contributed by atoms with van der Waals surface area (Å²) in [5.74, 6) is 0.114. The number of rotatable bonds is 1. The Labute approximate surface area is 143 Å². The summed E-state index contributed by atoms with van der Waals surface area (Å²) in [5.41, 5.74) is 1.74. The van der Waals surface area contributed by atoms with E-state index in [1.165, 1.54) is 0 Å². The van der Waals surface area contributed by atoms with Gasteiger partial charge in [-0.3, -0.25) is 4.79 Å². The lowest BCUT2D eigenvalue weighted by Gasteiger charge is -2.33. The van der Waals surface area contributed by atoms with Gasteiger partial charge in [-0.1, -0.05) is 12.1 Å². The molecular weight excluding hydrogens is 303 g/mol. The Morgan fingerprint density at radius 3 is 2.29 bits per heavy atom. The molecule has 0 aromatic heterocycles. The van der Waals surface area contributed by atoms with E-state index in [2.05, 4.69) is 38.3 Å². The van der Waals surface area contributed by atoms with Crippen LogP contribution in [0.4, 0.5) is 5.69 Å². The fourth-order valence-electron chi connectivity index (χ4n) is 4.06. The standard InChI is InChI=1S/C18H25BN2O3/c1-16(2)17(3,4)24-19(23-16)12-6-5-7-13-14(12)18(15(22)21-13)8-10-20-11-9-18/h5-7,20H,8-11H2,1-4H3,(H,21,22). The first-order valence-electron chi connectivity index (χ1n) is 8.78. The van der Waals surface area contributed by atoms with Gasteiger partial charge in [-0.25, -0.2) is 0 Å². The highest BCUT2D eigenvalue weighted by atomic mass is 16.7. The second-order valence-corrected chi connectivity index (χ2v) is 8.14. The molecule has 128 valence electrons. The first-order chi connectivity index (χ1) is 11.3. The molecule has 4 rings (SSSR count). The van der Waals surface area contributed by atoms with Crippen molar-refractivity contribution < 1.29 is 14.1 Å². The van der Waals surface area contributed by atoms with Crippen molar-refractivity contribution in [1.29, 1.82) is 0 Å². The predicted molar refractivity (Wildman–Crippen MR) is 94.6 cm³/mol. The van der Waals surface area contributed by atoms with E-state index in [0.717, 1.165) is 42.6 Å². The van der Waals surface area contributed by atoms with Gasteiger partial charge in [0.05, 0.1) is 16.6 Å². The number of piperidine rings is 1. The zero-order valence-corrected chi connectivity index (χ0v) is 14.9. The molecule has 3 heterocycles. The highest BCUT2D eigenvalue weighted by Gasteiger charge is 2.55. The van der Waals surface area contributed by atoms with Gasteiger partial charge in [-0.15, -0.1) is 0 Å². The molecule has 24 heavy (non-hydrogen) atoms. The van der Waals surface area contributed by atoms with Crippen LogP contribution >= 0.6 is 0 Å². The quantitative estimate of drug-likeness (QED) is 0.768. The maximum absolute atomic E-state index is 12.8. The molecule has 0 saturated carbocycles. The lowest BCUT2D eigenvalue weighted by Crippen LogP contribution is -2.49. The van der Waals surface area contributed by atoms with Crippen LogP contribution in [-0.4, -0.2) is 37.3 Å². The van der Waals surface area contributed by atoms with E-state index < -0.39 is 23.7 Å². The Bertz CT molecular complexity index is 680.